The van der Waals surface area contributed by atoms with Crippen LogP contribution < -0.4 is 4.72 Å². The molecule has 0 bridgehead atoms. The molecule has 1 heterocycles. The van der Waals surface area contributed by atoms with Crippen LogP contribution in [0.15, 0.2) is 21.6 Å². The molecule has 0 amide bonds. The topological polar surface area (TPSA) is 79.5 Å². The van der Waals surface area contributed by atoms with Gasteiger partial charge in [-0.15, -0.1) is 0 Å². The van der Waals surface area contributed by atoms with E-state index in [0.29, 0.717) is 12.5 Å². The molecule has 1 aliphatic rings. The molecule has 96 valence electrons. The second-order valence-corrected chi connectivity index (χ2v) is 6.06. The van der Waals surface area contributed by atoms with Crippen molar-refractivity contribution in [1.29, 1.82) is 0 Å². The zero-order valence-corrected chi connectivity index (χ0v) is 10.4. The summed E-state index contributed by atoms with van der Waals surface area (Å²) in [6.45, 7) is 0.153. The van der Waals surface area contributed by atoms with Crippen LogP contribution in [0, 0.1) is 5.92 Å². The molecule has 5 nitrogen and oxygen atoms in total. The fraction of sp³-hybridized carbons (Fsp3) is 0.636. The Labute approximate surface area is 101 Å². The summed E-state index contributed by atoms with van der Waals surface area (Å²) in [5.74, 6) is 0.923. The second-order valence-electron chi connectivity index (χ2n) is 4.36. The molecule has 1 aromatic heterocycles. The lowest BCUT2D eigenvalue weighted by Crippen LogP contribution is -2.27. The van der Waals surface area contributed by atoms with Gasteiger partial charge in [-0.1, -0.05) is 19.3 Å². The molecule has 0 aliphatic heterocycles. The van der Waals surface area contributed by atoms with E-state index in [9.17, 15) is 8.42 Å². The zero-order valence-electron chi connectivity index (χ0n) is 9.55. The van der Waals surface area contributed by atoms with Crippen LogP contribution in [0.25, 0.3) is 0 Å². The summed E-state index contributed by atoms with van der Waals surface area (Å²) in [7, 11) is -3.56. The van der Waals surface area contributed by atoms with Crippen LogP contribution in [0.1, 0.15) is 31.4 Å². The maximum absolute atomic E-state index is 11.8. The van der Waals surface area contributed by atoms with Crippen LogP contribution in [0.5, 0.6) is 0 Å². The van der Waals surface area contributed by atoms with Gasteiger partial charge in [0.1, 0.15) is 12.4 Å². The summed E-state index contributed by atoms with van der Waals surface area (Å²) in [4.78, 5) is 0. The van der Waals surface area contributed by atoms with Crippen molar-refractivity contribution in [3.8, 4) is 0 Å². The van der Waals surface area contributed by atoms with E-state index in [1.807, 2.05) is 0 Å². The average Bonchev–Trinajstić information content (AvgIpc) is 2.71. The molecule has 0 unspecified atom stereocenters. The minimum Gasteiger partial charge on any atom is -0.446 e. The van der Waals surface area contributed by atoms with Gasteiger partial charge in [0, 0.05) is 6.54 Å². The van der Waals surface area contributed by atoms with Gasteiger partial charge in [0.15, 0.2) is 0 Å². The molecule has 6 heteroatoms. The molecule has 0 aromatic carbocycles. The van der Waals surface area contributed by atoms with E-state index in [4.69, 9.17) is 9.52 Å². The molecule has 2 N–H and O–H groups in total. The van der Waals surface area contributed by atoms with Crippen molar-refractivity contribution in [2.24, 2.45) is 5.92 Å². The average molecular weight is 259 g/mol. The SMILES string of the molecule is O=S(=O)(NCCC1CCC1)c1ccc(CO)o1. The Morgan fingerprint density at radius 2 is 2.18 bits per heavy atom. The minimum absolute atomic E-state index is 0.129. The fourth-order valence-corrected chi connectivity index (χ4v) is 2.83. The highest BCUT2D eigenvalue weighted by atomic mass is 32.2. The predicted molar refractivity (Wildman–Crippen MR) is 61.8 cm³/mol. The van der Waals surface area contributed by atoms with E-state index in [1.54, 1.807) is 0 Å². The molecule has 0 saturated heterocycles. The van der Waals surface area contributed by atoms with Crippen LogP contribution in [-0.2, 0) is 16.6 Å². The highest BCUT2D eigenvalue weighted by Crippen LogP contribution is 2.28. The number of aliphatic hydroxyl groups is 1. The van der Waals surface area contributed by atoms with Gasteiger partial charge in [-0.3, -0.25) is 0 Å². The van der Waals surface area contributed by atoms with Crippen molar-refractivity contribution in [3.05, 3.63) is 17.9 Å². The van der Waals surface area contributed by atoms with Crippen LogP contribution in [0.4, 0.5) is 0 Å². The molecule has 0 spiro atoms. The number of rotatable bonds is 6. The minimum atomic E-state index is -3.56. The first-order valence-corrected chi connectivity index (χ1v) is 7.29. The molecule has 2 rings (SSSR count). The normalized spacial score (nSPS) is 17.0. The lowest BCUT2D eigenvalue weighted by molar-refractivity contribution is 0.236. The zero-order chi connectivity index (χ0) is 12.3. The maximum Gasteiger partial charge on any atom is 0.273 e. The quantitative estimate of drug-likeness (QED) is 0.805. The molecule has 1 fully saturated rings. The Bertz CT molecular complexity index is 462. The van der Waals surface area contributed by atoms with Gasteiger partial charge in [0.2, 0.25) is 5.09 Å². The largest absolute Gasteiger partial charge is 0.446 e. The molecule has 0 atom stereocenters. The third-order valence-electron chi connectivity index (χ3n) is 3.13. The smallest absolute Gasteiger partial charge is 0.273 e. The molecule has 0 radical (unpaired) electrons. The number of furan rings is 1. The first-order valence-electron chi connectivity index (χ1n) is 5.81. The second kappa shape index (κ2) is 5.20. The van der Waals surface area contributed by atoms with Crippen molar-refractivity contribution >= 4 is 10.0 Å². The van der Waals surface area contributed by atoms with Gasteiger partial charge < -0.3 is 9.52 Å². The first kappa shape index (κ1) is 12.6. The number of sulfonamides is 1. The van der Waals surface area contributed by atoms with Crippen LogP contribution in [0.3, 0.4) is 0 Å². The number of hydrogen-bond donors (Lipinski definition) is 2. The monoisotopic (exact) mass is 259 g/mol. The van der Waals surface area contributed by atoms with Gasteiger partial charge in [0.05, 0.1) is 0 Å². The van der Waals surface area contributed by atoms with Gasteiger partial charge in [0.25, 0.3) is 10.0 Å². The van der Waals surface area contributed by atoms with Crippen molar-refractivity contribution < 1.29 is 17.9 Å². The molecular formula is C11H17NO4S. The van der Waals surface area contributed by atoms with Crippen LogP contribution in [0.2, 0.25) is 0 Å². The summed E-state index contributed by atoms with van der Waals surface area (Å²) >= 11 is 0. The lowest BCUT2D eigenvalue weighted by atomic mass is 9.83. The van der Waals surface area contributed by atoms with Crippen molar-refractivity contribution in [1.82, 2.24) is 4.72 Å². The Kier molecular flexibility index (Phi) is 3.86. The van der Waals surface area contributed by atoms with Crippen molar-refractivity contribution in [2.45, 2.75) is 37.4 Å². The van der Waals surface area contributed by atoms with E-state index in [1.165, 1.54) is 31.4 Å². The standard InChI is InChI=1S/C11H17NO4S/c13-8-10-4-5-11(16-10)17(14,15)12-7-6-9-2-1-3-9/h4-5,9,12-13H,1-3,6-8H2. The van der Waals surface area contributed by atoms with E-state index in [2.05, 4.69) is 4.72 Å². The Balaban J connectivity index is 1.88. The van der Waals surface area contributed by atoms with Gasteiger partial charge in [-0.2, -0.15) is 0 Å². The Hall–Kier alpha value is -0.850. The number of aliphatic hydroxyl groups excluding tert-OH is 1. The van der Waals surface area contributed by atoms with Crippen molar-refractivity contribution in [3.63, 3.8) is 0 Å². The predicted octanol–water partition coefficient (Wildman–Crippen LogP) is 1.24. The third kappa shape index (κ3) is 3.08. The van der Waals surface area contributed by atoms with Gasteiger partial charge in [-0.25, -0.2) is 13.1 Å². The van der Waals surface area contributed by atoms with Crippen LogP contribution >= 0.6 is 0 Å². The fourth-order valence-electron chi connectivity index (χ4n) is 1.84. The summed E-state index contributed by atoms with van der Waals surface area (Å²) in [6.07, 6.45) is 4.55. The molecule has 1 aliphatic carbocycles. The first-order chi connectivity index (χ1) is 8.12. The van der Waals surface area contributed by atoms with Gasteiger partial charge in [-0.05, 0) is 24.5 Å². The molecular weight excluding hydrogens is 242 g/mol. The van der Waals surface area contributed by atoms with E-state index in [0.717, 1.165) is 6.42 Å². The number of hydrogen-bond acceptors (Lipinski definition) is 4. The molecule has 1 aromatic rings. The van der Waals surface area contributed by atoms with Crippen molar-refractivity contribution in [2.75, 3.05) is 6.54 Å². The highest BCUT2D eigenvalue weighted by Gasteiger charge is 2.21. The lowest BCUT2D eigenvalue weighted by Gasteiger charge is -2.24. The van der Waals surface area contributed by atoms with E-state index < -0.39 is 10.0 Å². The van der Waals surface area contributed by atoms with Gasteiger partial charge >= 0.3 is 0 Å². The van der Waals surface area contributed by atoms with E-state index in [-0.39, 0.29) is 17.5 Å². The summed E-state index contributed by atoms with van der Waals surface area (Å²) in [5.41, 5.74) is 0. The summed E-state index contributed by atoms with van der Waals surface area (Å²) < 4.78 is 31.0. The maximum atomic E-state index is 11.8. The molecule has 1 saturated carbocycles. The Morgan fingerprint density at radius 1 is 1.41 bits per heavy atom. The summed E-state index contributed by atoms with van der Waals surface area (Å²) in [6, 6.07) is 2.82. The highest BCUT2D eigenvalue weighted by molar-refractivity contribution is 7.89. The number of nitrogens with one attached hydrogen (secondary N) is 1. The molecule has 17 heavy (non-hydrogen) atoms. The third-order valence-corrected chi connectivity index (χ3v) is 4.46. The van der Waals surface area contributed by atoms with Crippen LogP contribution in [-0.4, -0.2) is 20.1 Å². The Morgan fingerprint density at radius 3 is 2.71 bits per heavy atom. The summed E-state index contributed by atoms with van der Waals surface area (Å²) in [5, 5.41) is 8.67. The van der Waals surface area contributed by atoms with E-state index >= 15 is 0 Å².